The van der Waals surface area contributed by atoms with Crippen LogP contribution in [0.15, 0.2) is 61.2 Å². The fraction of sp³-hybridized carbons (Fsp3) is 0.333. The second-order valence-electron chi connectivity index (χ2n) is 5.79. The molecule has 122 valence electrons. The first-order valence-electron chi connectivity index (χ1n) is 8.32. The molecule has 0 heterocycles. The summed E-state index contributed by atoms with van der Waals surface area (Å²) in [5.74, 6) is 2.10. The minimum atomic E-state index is 0.320. The molecule has 0 saturated heterocycles. The van der Waals surface area contributed by atoms with Gasteiger partial charge < -0.3 is 9.84 Å². The SMILES string of the molecule is C=CCOc1ccc([C@H](CC)[C@H](CC)c2ccc(O)cc2)cc1. The maximum absolute atomic E-state index is 9.50. The Hall–Kier alpha value is -2.22. The molecule has 2 rings (SSSR count). The third-order valence-electron chi connectivity index (χ3n) is 4.36. The molecule has 0 spiro atoms. The Morgan fingerprint density at radius 3 is 1.83 bits per heavy atom. The summed E-state index contributed by atoms with van der Waals surface area (Å²) in [6.45, 7) is 8.65. The summed E-state index contributed by atoms with van der Waals surface area (Å²) in [5.41, 5.74) is 2.61. The van der Waals surface area contributed by atoms with Crippen molar-refractivity contribution in [2.75, 3.05) is 6.61 Å². The number of benzene rings is 2. The molecular weight excluding hydrogens is 284 g/mol. The molecule has 23 heavy (non-hydrogen) atoms. The molecule has 2 aromatic carbocycles. The lowest BCUT2D eigenvalue weighted by Gasteiger charge is -2.26. The Morgan fingerprint density at radius 2 is 1.39 bits per heavy atom. The molecule has 0 aromatic heterocycles. The molecule has 2 heteroatoms. The van der Waals surface area contributed by atoms with Gasteiger partial charge >= 0.3 is 0 Å². The van der Waals surface area contributed by atoms with Crippen LogP contribution in [0.1, 0.15) is 49.7 Å². The van der Waals surface area contributed by atoms with Crippen LogP contribution in [0.25, 0.3) is 0 Å². The zero-order chi connectivity index (χ0) is 16.7. The molecule has 0 aliphatic rings. The molecular formula is C21H26O2. The minimum absolute atomic E-state index is 0.320. The average molecular weight is 310 g/mol. The van der Waals surface area contributed by atoms with Gasteiger partial charge in [-0.25, -0.2) is 0 Å². The van der Waals surface area contributed by atoms with Crippen LogP contribution >= 0.6 is 0 Å². The molecule has 0 amide bonds. The first-order chi connectivity index (χ1) is 11.2. The van der Waals surface area contributed by atoms with E-state index in [9.17, 15) is 5.11 Å². The number of hydrogen-bond acceptors (Lipinski definition) is 2. The van der Waals surface area contributed by atoms with E-state index < -0.39 is 0 Å². The summed E-state index contributed by atoms with van der Waals surface area (Å²) >= 11 is 0. The Balaban J connectivity index is 2.22. The highest BCUT2D eigenvalue weighted by Gasteiger charge is 2.22. The van der Waals surface area contributed by atoms with Gasteiger partial charge in [0.2, 0.25) is 0 Å². The molecule has 0 radical (unpaired) electrons. The number of aromatic hydroxyl groups is 1. The van der Waals surface area contributed by atoms with Crippen LogP contribution in [0.4, 0.5) is 0 Å². The van der Waals surface area contributed by atoms with E-state index in [4.69, 9.17) is 4.74 Å². The van der Waals surface area contributed by atoms with Crippen LogP contribution in [0.3, 0.4) is 0 Å². The van der Waals surface area contributed by atoms with Crippen molar-refractivity contribution in [3.8, 4) is 11.5 Å². The Kier molecular flexibility index (Phi) is 6.28. The largest absolute Gasteiger partial charge is 0.508 e. The standard InChI is InChI=1S/C21H26O2/c1-4-15-23-19-13-9-17(10-14-19)21(6-3)20(5-2)16-7-11-18(22)12-8-16/h4,7-14,20-22H,1,5-6,15H2,2-3H3/t20-,21+/m1/s1. The molecule has 0 fully saturated rings. The molecule has 1 N–H and O–H groups in total. The van der Waals surface area contributed by atoms with Crippen molar-refractivity contribution in [1.29, 1.82) is 0 Å². The van der Waals surface area contributed by atoms with E-state index in [2.05, 4.69) is 32.6 Å². The molecule has 0 unspecified atom stereocenters. The van der Waals surface area contributed by atoms with Gasteiger partial charge in [-0.15, -0.1) is 0 Å². The van der Waals surface area contributed by atoms with Gasteiger partial charge in [-0.2, -0.15) is 0 Å². The smallest absolute Gasteiger partial charge is 0.119 e. The van der Waals surface area contributed by atoms with Crippen molar-refractivity contribution in [3.05, 3.63) is 72.3 Å². The van der Waals surface area contributed by atoms with Crippen LogP contribution in [0.2, 0.25) is 0 Å². The summed E-state index contributed by atoms with van der Waals surface area (Å²) in [4.78, 5) is 0. The Bertz CT molecular complexity index is 599. The Labute approximate surface area is 139 Å². The van der Waals surface area contributed by atoms with E-state index in [1.54, 1.807) is 18.2 Å². The fourth-order valence-corrected chi connectivity index (χ4v) is 3.19. The van der Waals surface area contributed by atoms with E-state index in [-0.39, 0.29) is 0 Å². The number of phenolic OH excluding ortho intramolecular Hbond substituents is 1. The summed E-state index contributed by atoms with van der Waals surface area (Å²) in [6.07, 6.45) is 3.89. The molecule has 2 aromatic rings. The van der Waals surface area contributed by atoms with Gasteiger partial charge in [0.05, 0.1) is 0 Å². The Morgan fingerprint density at radius 1 is 0.913 bits per heavy atom. The summed E-state index contributed by atoms with van der Waals surface area (Å²) < 4.78 is 5.56. The second kappa shape index (κ2) is 8.42. The van der Waals surface area contributed by atoms with Crippen LogP contribution in [-0.2, 0) is 0 Å². The van der Waals surface area contributed by atoms with Crippen molar-refractivity contribution in [1.82, 2.24) is 0 Å². The lowest BCUT2D eigenvalue weighted by Crippen LogP contribution is -2.10. The zero-order valence-corrected chi connectivity index (χ0v) is 14.0. The van der Waals surface area contributed by atoms with Gasteiger partial charge in [-0.1, -0.05) is 50.8 Å². The molecule has 0 aliphatic heterocycles. The monoisotopic (exact) mass is 310 g/mol. The van der Waals surface area contributed by atoms with Crippen molar-refractivity contribution >= 4 is 0 Å². The quantitative estimate of drug-likeness (QED) is 0.639. The topological polar surface area (TPSA) is 29.5 Å². The predicted octanol–water partition coefficient (Wildman–Crippen LogP) is 5.64. The van der Waals surface area contributed by atoms with E-state index in [1.165, 1.54) is 11.1 Å². The van der Waals surface area contributed by atoms with E-state index >= 15 is 0 Å². The van der Waals surface area contributed by atoms with Gasteiger partial charge in [0, 0.05) is 0 Å². The summed E-state index contributed by atoms with van der Waals surface area (Å²) in [6, 6.07) is 16.0. The highest BCUT2D eigenvalue weighted by Crippen LogP contribution is 2.38. The highest BCUT2D eigenvalue weighted by molar-refractivity contribution is 5.34. The highest BCUT2D eigenvalue weighted by atomic mass is 16.5. The van der Waals surface area contributed by atoms with Crippen LogP contribution in [-0.4, -0.2) is 11.7 Å². The predicted molar refractivity (Wildman–Crippen MR) is 96.3 cm³/mol. The first-order valence-corrected chi connectivity index (χ1v) is 8.32. The van der Waals surface area contributed by atoms with E-state index in [0.29, 0.717) is 24.2 Å². The van der Waals surface area contributed by atoms with E-state index in [0.717, 1.165) is 18.6 Å². The average Bonchev–Trinajstić information content (AvgIpc) is 2.59. The van der Waals surface area contributed by atoms with Crippen molar-refractivity contribution in [3.63, 3.8) is 0 Å². The lowest BCUT2D eigenvalue weighted by molar-refractivity contribution is 0.363. The summed E-state index contributed by atoms with van der Waals surface area (Å²) in [7, 11) is 0. The third-order valence-corrected chi connectivity index (χ3v) is 4.36. The van der Waals surface area contributed by atoms with Gasteiger partial charge in [-0.05, 0) is 60.1 Å². The number of hydrogen-bond donors (Lipinski definition) is 1. The van der Waals surface area contributed by atoms with Gasteiger partial charge in [-0.3, -0.25) is 0 Å². The van der Waals surface area contributed by atoms with Crippen LogP contribution < -0.4 is 4.74 Å². The maximum Gasteiger partial charge on any atom is 0.119 e. The second-order valence-corrected chi connectivity index (χ2v) is 5.79. The third kappa shape index (κ3) is 4.38. The van der Waals surface area contributed by atoms with Gasteiger partial charge in [0.1, 0.15) is 18.1 Å². The molecule has 0 bridgehead atoms. The number of ether oxygens (including phenoxy) is 1. The van der Waals surface area contributed by atoms with Crippen molar-refractivity contribution in [2.45, 2.75) is 38.5 Å². The number of rotatable bonds is 8. The zero-order valence-electron chi connectivity index (χ0n) is 14.0. The number of phenols is 1. The van der Waals surface area contributed by atoms with Crippen molar-refractivity contribution in [2.24, 2.45) is 0 Å². The van der Waals surface area contributed by atoms with Crippen LogP contribution in [0.5, 0.6) is 11.5 Å². The fourth-order valence-electron chi connectivity index (χ4n) is 3.19. The summed E-state index contributed by atoms with van der Waals surface area (Å²) in [5, 5.41) is 9.50. The first kappa shape index (κ1) is 17.1. The maximum atomic E-state index is 9.50. The lowest BCUT2D eigenvalue weighted by atomic mass is 9.78. The minimum Gasteiger partial charge on any atom is -0.508 e. The molecule has 0 aliphatic carbocycles. The molecule has 0 saturated carbocycles. The van der Waals surface area contributed by atoms with Crippen molar-refractivity contribution < 1.29 is 9.84 Å². The van der Waals surface area contributed by atoms with Gasteiger partial charge in [0.25, 0.3) is 0 Å². The van der Waals surface area contributed by atoms with Crippen LogP contribution in [0, 0.1) is 0 Å². The molecule has 2 nitrogen and oxygen atoms in total. The normalized spacial score (nSPS) is 13.3. The van der Waals surface area contributed by atoms with Gasteiger partial charge in [0.15, 0.2) is 0 Å². The van der Waals surface area contributed by atoms with E-state index in [1.807, 2.05) is 24.3 Å². The molecule has 2 atom stereocenters.